The Bertz CT molecular complexity index is 572. The van der Waals surface area contributed by atoms with Gasteiger partial charge in [-0.1, -0.05) is 12.1 Å². The van der Waals surface area contributed by atoms with Crippen molar-refractivity contribution < 1.29 is 22.8 Å². The summed E-state index contributed by atoms with van der Waals surface area (Å²) in [7, 11) is 0. The van der Waals surface area contributed by atoms with E-state index in [9.17, 15) is 22.8 Å². The maximum absolute atomic E-state index is 12.5. The number of urea groups is 1. The molecule has 1 fully saturated rings. The fourth-order valence-electron chi connectivity index (χ4n) is 2.49. The standard InChI is InChI=1S/C15H18F3N3O2/c16-15(17,18)12-4-2-11(3-5-12)10-13(22)20-6-1-7-21(9-8-20)14(19)23/h2-5H,1,6-10H2,(H2,19,23). The number of hydrogen-bond acceptors (Lipinski definition) is 2. The minimum atomic E-state index is -4.38. The number of primary amides is 1. The number of amides is 3. The topological polar surface area (TPSA) is 66.6 Å². The molecule has 1 aliphatic heterocycles. The van der Waals surface area contributed by atoms with Crippen molar-refractivity contribution in [2.45, 2.75) is 19.0 Å². The van der Waals surface area contributed by atoms with Crippen molar-refractivity contribution in [2.75, 3.05) is 26.2 Å². The van der Waals surface area contributed by atoms with Crippen molar-refractivity contribution in [3.05, 3.63) is 35.4 Å². The molecule has 5 nitrogen and oxygen atoms in total. The first-order valence-corrected chi connectivity index (χ1v) is 7.25. The largest absolute Gasteiger partial charge is 0.416 e. The summed E-state index contributed by atoms with van der Waals surface area (Å²) >= 11 is 0. The molecule has 126 valence electrons. The Balaban J connectivity index is 1.95. The van der Waals surface area contributed by atoms with Crippen LogP contribution in [0.25, 0.3) is 0 Å². The molecule has 0 unspecified atom stereocenters. The molecule has 0 spiro atoms. The first-order valence-electron chi connectivity index (χ1n) is 7.25. The van der Waals surface area contributed by atoms with Gasteiger partial charge in [0.25, 0.3) is 0 Å². The lowest BCUT2D eigenvalue weighted by molar-refractivity contribution is -0.137. The highest BCUT2D eigenvalue weighted by Gasteiger charge is 2.30. The number of halogens is 3. The van der Waals surface area contributed by atoms with Gasteiger partial charge < -0.3 is 15.5 Å². The SMILES string of the molecule is NC(=O)N1CCCN(C(=O)Cc2ccc(C(F)(F)F)cc2)CC1. The lowest BCUT2D eigenvalue weighted by Crippen LogP contribution is -2.40. The molecule has 2 rings (SSSR count). The van der Waals surface area contributed by atoms with Crippen LogP contribution in [-0.4, -0.2) is 47.9 Å². The van der Waals surface area contributed by atoms with E-state index in [2.05, 4.69) is 0 Å². The van der Waals surface area contributed by atoms with Crippen molar-refractivity contribution in [2.24, 2.45) is 5.73 Å². The van der Waals surface area contributed by atoms with Crippen LogP contribution in [0.3, 0.4) is 0 Å². The van der Waals surface area contributed by atoms with Gasteiger partial charge in [0, 0.05) is 26.2 Å². The summed E-state index contributed by atoms with van der Waals surface area (Å²) in [6.45, 7) is 1.75. The summed E-state index contributed by atoms with van der Waals surface area (Å²) in [5.74, 6) is -0.170. The van der Waals surface area contributed by atoms with Crippen molar-refractivity contribution in [1.82, 2.24) is 9.80 Å². The Hall–Kier alpha value is -2.25. The van der Waals surface area contributed by atoms with Crippen molar-refractivity contribution in [3.8, 4) is 0 Å². The molecule has 0 aliphatic carbocycles. The smallest absolute Gasteiger partial charge is 0.351 e. The number of alkyl halides is 3. The first kappa shape index (κ1) is 17.1. The van der Waals surface area contributed by atoms with Crippen LogP contribution in [0.2, 0.25) is 0 Å². The average molecular weight is 329 g/mol. The quantitative estimate of drug-likeness (QED) is 0.900. The number of nitrogens with two attached hydrogens (primary N) is 1. The van der Waals surface area contributed by atoms with E-state index in [1.54, 1.807) is 4.90 Å². The molecule has 0 aromatic heterocycles. The van der Waals surface area contributed by atoms with E-state index in [-0.39, 0.29) is 12.3 Å². The molecule has 0 bridgehead atoms. The molecule has 0 saturated carbocycles. The van der Waals surface area contributed by atoms with Crippen LogP contribution in [0.5, 0.6) is 0 Å². The zero-order valence-corrected chi connectivity index (χ0v) is 12.5. The van der Waals surface area contributed by atoms with Gasteiger partial charge in [0.05, 0.1) is 12.0 Å². The number of benzene rings is 1. The van der Waals surface area contributed by atoms with Crippen molar-refractivity contribution >= 4 is 11.9 Å². The first-order chi connectivity index (χ1) is 10.8. The molecule has 1 saturated heterocycles. The van der Waals surface area contributed by atoms with E-state index in [1.165, 1.54) is 17.0 Å². The highest BCUT2D eigenvalue weighted by atomic mass is 19.4. The fraction of sp³-hybridized carbons (Fsp3) is 0.467. The maximum atomic E-state index is 12.5. The number of nitrogens with zero attached hydrogens (tertiary/aromatic N) is 2. The highest BCUT2D eigenvalue weighted by Crippen LogP contribution is 2.29. The lowest BCUT2D eigenvalue weighted by atomic mass is 10.1. The van der Waals surface area contributed by atoms with Crippen LogP contribution in [0, 0.1) is 0 Å². The lowest BCUT2D eigenvalue weighted by Gasteiger charge is -2.21. The number of hydrogen-bond donors (Lipinski definition) is 1. The third kappa shape index (κ3) is 4.61. The van der Waals surface area contributed by atoms with Gasteiger partial charge in [-0.2, -0.15) is 13.2 Å². The van der Waals surface area contributed by atoms with Gasteiger partial charge in [-0.25, -0.2) is 4.79 Å². The van der Waals surface area contributed by atoms with Gasteiger partial charge in [-0.15, -0.1) is 0 Å². The van der Waals surface area contributed by atoms with Crippen LogP contribution in [0.15, 0.2) is 24.3 Å². The molecule has 1 aromatic rings. The van der Waals surface area contributed by atoms with E-state index >= 15 is 0 Å². The Morgan fingerprint density at radius 3 is 2.13 bits per heavy atom. The third-order valence-corrected chi connectivity index (χ3v) is 3.80. The summed E-state index contributed by atoms with van der Waals surface area (Å²) in [6.07, 6.45) is -3.72. The van der Waals surface area contributed by atoms with E-state index in [0.29, 0.717) is 38.2 Å². The minimum absolute atomic E-state index is 0.0364. The highest BCUT2D eigenvalue weighted by molar-refractivity contribution is 5.79. The summed E-state index contributed by atoms with van der Waals surface area (Å²) in [5.41, 5.74) is 5.01. The predicted octanol–water partition coefficient (Wildman–Crippen LogP) is 1.86. The third-order valence-electron chi connectivity index (χ3n) is 3.80. The van der Waals surface area contributed by atoms with E-state index < -0.39 is 17.8 Å². The van der Waals surface area contributed by atoms with E-state index in [4.69, 9.17) is 5.73 Å². The van der Waals surface area contributed by atoms with Crippen LogP contribution < -0.4 is 5.73 Å². The van der Waals surface area contributed by atoms with Crippen molar-refractivity contribution in [3.63, 3.8) is 0 Å². The molecule has 2 N–H and O–H groups in total. The molecule has 3 amide bonds. The van der Waals surface area contributed by atoms with Gasteiger partial charge in [0.1, 0.15) is 0 Å². The van der Waals surface area contributed by atoms with Gasteiger partial charge in [-0.05, 0) is 24.1 Å². The minimum Gasteiger partial charge on any atom is -0.351 e. The van der Waals surface area contributed by atoms with Crippen LogP contribution >= 0.6 is 0 Å². The molecule has 1 aromatic carbocycles. The summed E-state index contributed by atoms with van der Waals surface area (Å²) in [4.78, 5) is 26.5. The van der Waals surface area contributed by atoms with Crippen LogP contribution in [0.1, 0.15) is 17.5 Å². The zero-order valence-electron chi connectivity index (χ0n) is 12.5. The number of rotatable bonds is 2. The molecule has 0 radical (unpaired) electrons. The molecule has 23 heavy (non-hydrogen) atoms. The predicted molar refractivity (Wildman–Crippen MR) is 77.5 cm³/mol. The van der Waals surface area contributed by atoms with Crippen LogP contribution in [0.4, 0.5) is 18.0 Å². The van der Waals surface area contributed by atoms with E-state index in [0.717, 1.165) is 12.1 Å². The van der Waals surface area contributed by atoms with Crippen molar-refractivity contribution in [1.29, 1.82) is 0 Å². The molecule has 1 heterocycles. The summed E-state index contributed by atoms with van der Waals surface area (Å²) < 4.78 is 37.5. The van der Waals surface area contributed by atoms with Crippen LogP contribution in [-0.2, 0) is 17.4 Å². The zero-order chi connectivity index (χ0) is 17.0. The Morgan fingerprint density at radius 1 is 1.00 bits per heavy atom. The number of carbonyl (C=O) groups is 2. The molecule has 0 atom stereocenters. The second kappa shape index (κ2) is 6.89. The summed E-state index contributed by atoms with van der Waals surface area (Å²) in [6, 6.07) is 4.06. The second-order valence-corrected chi connectivity index (χ2v) is 5.43. The monoisotopic (exact) mass is 329 g/mol. The van der Waals surface area contributed by atoms with Gasteiger partial charge >= 0.3 is 12.2 Å². The normalized spacial score (nSPS) is 16.1. The molecule has 8 heteroatoms. The Labute approximate surface area is 131 Å². The van der Waals surface area contributed by atoms with E-state index in [1.807, 2.05) is 0 Å². The second-order valence-electron chi connectivity index (χ2n) is 5.43. The molecular formula is C15H18F3N3O2. The van der Waals surface area contributed by atoms with Gasteiger partial charge in [0.15, 0.2) is 0 Å². The summed E-state index contributed by atoms with van der Waals surface area (Å²) in [5, 5.41) is 0. The Kier molecular flexibility index (Phi) is 5.12. The molecule has 1 aliphatic rings. The number of carbonyl (C=O) groups excluding carboxylic acids is 2. The van der Waals surface area contributed by atoms with Gasteiger partial charge in [0.2, 0.25) is 5.91 Å². The Morgan fingerprint density at radius 2 is 1.57 bits per heavy atom. The maximum Gasteiger partial charge on any atom is 0.416 e. The van der Waals surface area contributed by atoms with Gasteiger partial charge in [-0.3, -0.25) is 4.79 Å². The fourth-order valence-corrected chi connectivity index (χ4v) is 2.49. The molecular weight excluding hydrogens is 311 g/mol. The average Bonchev–Trinajstić information content (AvgIpc) is 2.73.